The highest BCUT2D eigenvalue weighted by atomic mass is 16.5. The van der Waals surface area contributed by atoms with Crippen LogP contribution in [0.25, 0.3) is 0 Å². The van der Waals surface area contributed by atoms with Crippen LogP contribution in [0.15, 0.2) is 24.3 Å². The summed E-state index contributed by atoms with van der Waals surface area (Å²) in [6.07, 6.45) is 0.0185. The van der Waals surface area contributed by atoms with Crippen molar-refractivity contribution in [1.29, 1.82) is 0 Å². The number of rotatable bonds is 3. The van der Waals surface area contributed by atoms with Crippen LogP contribution in [0.1, 0.15) is 10.4 Å². The molecule has 1 aliphatic heterocycles. The Bertz CT molecular complexity index is 389. The van der Waals surface area contributed by atoms with Crippen LogP contribution in [0.2, 0.25) is 0 Å². The molecule has 1 atom stereocenters. The number of aromatic hydroxyl groups is 1. The molecule has 92 valence electrons. The first-order valence-electron chi connectivity index (χ1n) is 5.65. The maximum atomic E-state index is 11.7. The predicted octanol–water partition coefficient (Wildman–Crippen LogP) is 0.110. The molecule has 1 fully saturated rings. The van der Waals surface area contributed by atoms with E-state index in [2.05, 4.69) is 10.6 Å². The molecule has 0 radical (unpaired) electrons. The molecule has 17 heavy (non-hydrogen) atoms. The number of morpholine rings is 1. The van der Waals surface area contributed by atoms with Crippen molar-refractivity contribution < 1.29 is 14.6 Å². The second-order valence-corrected chi connectivity index (χ2v) is 3.96. The fraction of sp³-hybridized carbons (Fsp3) is 0.417. The Kier molecular flexibility index (Phi) is 3.95. The molecule has 5 heteroatoms. The highest BCUT2D eigenvalue weighted by Crippen LogP contribution is 2.10. The van der Waals surface area contributed by atoms with E-state index in [1.165, 1.54) is 12.1 Å². The summed E-state index contributed by atoms with van der Waals surface area (Å²) in [5.41, 5.74) is 0.453. The number of benzene rings is 1. The molecule has 1 aromatic rings. The van der Waals surface area contributed by atoms with Gasteiger partial charge in [0.2, 0.25) is 0 Å². The number of hydrogen-bond acceptors (Lipinski definition) is 4. The zero-order chi connectivity index (χ0) is 12.1. The van der Waals surface area contributed by atoms with E-state index in [9.17, 15) is 9.90 Å². The van der Waals surface area contributed by atoms with Gasteiger partial charge in [0.15, 0.2) is 0 Å². The summed E-state index contributed by atoms with van der Waals surface area (Å²) in [6, 6.07) is 6.28. The third kappa shape index (κ3) is 3.44. The van der Waals surface area contributed by atoms with Gasteiger partial charge in [-0.1, -0.05) is 6.07 Å². The van der Waals surface area contributed by atoms with Gasteiger partial charge in [-0.3, -0.25) is 4.79 Å². The van der Waals surface area contributed by atoms with Crippen LogP contribution in [0, 0.1) is 0 Å². The lowest BCUT2D eigenvalue weighted by atomic mass is 10.2. The monoisotopic (exact) mass is 236 g/mol. The summed E-state index contributed by atoms with van der Waals surface area (Å²) < 4.78 is 5.46. The molecule has 1 aliphatic rings. The normalized spacial score (nSPS) is 19.9. The SMILES string of the molecule is O=C(NCC1CNCCO1)c1cccc(O)c1. The van der Waals surface area contributed by atoms with Crippen LogP contribution < -0.4 is 10.6 Å². The molecule has 3 N–H and O–H groups in total. The van der Waals surface area contributed by atoms with Crippen molar-refractivity contribution in [2.45, 2.75) is 6.10 Å². The van der Waals surface area contributed by atoms with Crippen LogP contribution in [0.3, 0.4) is 0 Å². The Hall–Kier alpha value is -1.59. The highest BCUT2D eigenvalue weighted by molar-refractivity contribution is 5.94. The Balaban J connectivity index is 1.84. The topological polar surface area (TPSA) is 70.6 Å². The molecular formula is C12H16N2O3. The summed E-state index contributed by atoms with van der Waals surface area (Å²) in [7, 11) is 0. The first kappa shape index (κ1) is 11.9. The van der Waals surface area contributed by atoms with Gasteiger partial charge in [-0.25, -0.2) is 0 Å². The van der Waals surface area contributed by atoms with E-state index < -0.39 is 0 Å². The molecule has 0 saturated carbocycles. The first-order chi connectivity index (χ1) is 8.25. The summed E-state index contributed by atoms with van der Waals surface area (Å²) >= 11 is 0. The summed E-state index contributed by atoms with van der Waals surface area (Å²) in [4.78, 5) is 11.7. The van der Waals surface area contributed by atoms with Gasteiger partial charge in [-0.05, 0) is 18.2 Å². The number of carbonyl (C=O) groups excluding carboxylic acids is 1. The van der Waals surface area contributed by atoms with Crippen LogP contribution in [0.5, 0.6) is 5.75 Å². The van der Waals surface area contributed by atoms with Crippen molar-refractivity contribution in [3.63, 3.8) is 0 Å². The van der Waals surface area contributed by atoms with E-state index >= 15 is 0 Å². The van der Waals surface area contributed by atoms with Crippen LogP contribution in [-0.4, -0.2) is 43.4 Å². The molecule has 0 aromatic heterocycles. The van der Waals surface area contributed by atoms with Crippen molar-refractivity contribution in [3.8, 4) is 5.75 Å². The molecule has 0 aliphatic carbocycles. The molecule has 0 spiro atoms. The van der Waals surface area contributed by atoms with E-state index in [1.54, 1.807) is 12.1 Å². The van der Waals surface area contributed by atoms with Gasteiger partial charge >= 0.3 is 0 Å². The van der Waals surface area contributed by atoms with Gasteiger partial charge in [-0.2, -0.15) is 0 Å². The average Bonchev–Trinajstić information content (AvgIpc) is 2.37. The predicted molar refractivity (Wildman–Crippen MR) is 63.0 cm³/mol. The first-order valence-corrected chi connectivity index (χ1v) is 5.65. The Labute approximate surface area is 99.8 Å². The molecule has 2 rings (SSSR count). The molecule has 1 saturated heterocycles. The van der Waals surface area contributed by atoms with Crippen molar-refractivity contribution in [2.24, 2.45) is 0 Å². The van der Waals surface area contributed by atoms with Crippen molar-refractivity contribution >= 4 is 5.91 Å². The zero-order valence-electron chi connectivity index (χ0n) is 9.48. The number of carbonyl (C=O) groups is 1. The highest BCUT2D eigenvalue weighted by Gasteiger charge is 2.14. The molecule has 1 amide bonds. The Morgan fingerprint density at radius 1 is 1.59 bits per heavy atom. The Morgan fingerprint density at radius 2 is 2.47 bits per heavy atom. The van der Waals surface area contributed by atoms with Crippen molar-refractivity contribution in [3.05, 3.63) is 29.8 Å². The fourth-order valence-electron chi connectivity index (χ4n) is 1.71. The quantitative estimate of drug-likeness (QED) is 0.696. The minimum absolute atomic E-state index is 0.0185. The molecule has 1 unspecified atom stereocenters. The summed E-state index contributed by atoms with van der Waals surface area (Å²) in [6.45, 7) is 2.76. The minimum Gasteiger partial charge on any atom is -0.508 e. The maximum absolute atomic E-state index is 11.7. The lowest BCUT2D eigenvalue weighted by Crippen LogP contribution is -2.45. The average molecular weight is 236 g/mol. The lowest BCUT2D eigenvalue weighted by molar-refractivity contribution is 0.0287. The minimum atomic E-state index is -0.199. The molecule has 1 heterocycles. The molecule has 1 aromatic carbocycles. The summed E-state index contributed by atoms with van der Waals surface area (Å²) in [5, 5.41) is 15.2. The van der Waals surface area contributed by atoms with Gasteiger partial charge in [0.25, 0.3) is 5.91 Å². The van der Waals surface area contributed by atoms with E-state index in [0.717, 1.165) is 13.1 Å². The second-order valence-electron chi connectivity index (χ2n) is 3.96. The van der Waals surface area contributed by atoms with E-state index in [1.807, 2.05) is 0 Å². The maximum Gasteiger partial charge on any atom is 0.251 e. The standard InChI is InChI=1S/C12H16N2O3/c15-10-3-1-2-9(6-10)12(16)14-8-11-7-13-4-5-17-11/h1-3,6,11,13,15H,4-5,7-8H2,(H,14,16). The smallest absolute Gasteiger partial charge is 0.251 e. The Morgan fingerprint density at radius 3 is 3.18 bits per heavy atom. The van der Waals surface area contributed by atoms with Gasteiger partial charge < -0.3 is 20.5 Å². The third-order valence-corrected chi connectivity index (χ3v) is 2.60. The number of nitrogens with one attached hydrogen (secondary N) is 2. The second kappa shape index (κ2) is 5.65. The van der Waals surface area contributed by atoms with Gasteiger partial charge in [0, 0.05) is 25.2 Å². The molecular weight excluding hydrogens is 220 g/mol. The largest absolute Gasteiger partial charge is 0.508 e. The fourth-order valence-corrected chi connectivity index (χ4v) is 1.71. The zero-order valence-corrected chi connectivity index (χ0v) is 9.48. The van der Waals surface area contributed by atoms with Crippen LogP contribution in [-0.2, 0) is 4.74 Å². The van der Waals surface area contributed by atoms with Crippen LogP contribution in [0.4, 0.5) is 0 Å². The van der Waals surface area contributed by atoms with Gasteiger partial charge in [-0.15, -0.1) is 0 Å². The molecule has 5 nitrogen and oxygen atoms in total. The van der Waals surface area contributed by atoms with E-state index in [-0.39, 0.29) is 17.8 Å². The van der Waals surface area contributed by atoms with Crippen molar-refractivity contribution in [2.75, 3.05) is 26.2 Å². The number of phenolic OH excluding ortho intramolecular Hbond substituents is 1. The summed E-state index contributed by atoms with van der Waals surface area (Å²) in [5.74, 6) is -0.108. The van der Waals surface area contributed by atoms with Crippen LogP contribution >= 0.6 is 0 Å². The third-order valence-electron chi connectivity index (χ3n) is 2.60. The van der Waals surface area contributed by atoms with Gasteiger partial charge in [0.05, 0.1) is 12.7 Å². The number of ether oxygens (including phenoxy) is 1. The molecule has 0 bridgehead atoms. The van der Waals surface area contributed by atoms with Gasteiger partial charge in [0.1, 0.15) is 5.75 Å². The van der Waals surface area contributed by atoms with E-state index in [0.29, 0.717) is 18.7 Å². The lowest BCUT2D eigenvalue weighted by Gasteiger charge is -2.23. The van der Waals surface area contributed by atoms with E-state index in [4.69, 9.17) is 4.74 Å². The number of hydrogen-bond donors (Lipinski definition) is 3. The van der Waals surface area contributed by atoms with Crippen molar-refractivity contribution in [1.82, 2.24) is 10.6 Å². The number of amides is 1. The number of phenols is 1.